The Morgan fingerprint density at radius 1 is 1.26 bits per heavy atom. The number of esters is 1. The first kappa shape index (κ1) is 19.3. The van der Waals surface area contributed by atoms with Gasteiger partial charge in [0.1, 0.15) is 5.92 Å². The van der Waals surface area contributed by atoms with E-state index >= 15 is 0 Å². The third kappa shape index (κ3) is 3.54. The Labute approximate surface area is 168 Å². The molecule has 0 saturated carbocycles. The minimum atomic E-state index is -0.669. The fraction of sp³-hybridized carbons (Fsp3) is 0.286. The Morgan fingerprint density at radius 3 is 2.89 bits per heavy atom. The number of aromatic amines is 1. The second-order valence-electron chi connectivity index (χ2n) is 6.65. The minimum Gasteiger partial charge on any atom is -1.00 e. The highest BCUT2D eigenvalue weighted by Gasteiger charge is 2.37. The predicted octanol–water partition coefficient (Wildman–Crippen LogP) is -0.380. The standard InChI is InChI=1S/C21H21N2O3.BrH/c1-26-21(25)17-8-9-19-16(20(17)24)6-4-11-23(19)12-10-14-13-22-18-7-3-2-5-15(14)18;/h2-7,11,13,17,22H,8-10,12H2,1H3;1H/q+1;/p-1. The molecule has 2 aromatic heterocycles. The number of fused-ring (bicyclic) bond motifs is 2. The van der Waals surface area contributed by atoms with E-state index in [1.165, 1.54) is 18.1 Å². The number of para-hydroxylation sites is 1. The van der Waals surface area contributed by atoms with Gasteiger partial charge in [-0.15, -0.1) is 0 Å². The van der Waals surface area contributed by atoms with E-state index in [9.17, 15) is 9.59 Å². The van der Waals surface area contributed by atoms with Gasteiger partial charge in [0.15, 0.2) is 24.2 Å². The van der Waals surface area contributed by atoms with Crippen LogP contribution in [0, 0.1) is 5.92 Å². The molecule has 1 aliphatic rings. The molecule has 4 rings (SSSR count). The number of aryl methyl sites for hydroxylation is 2. The smallest absolute Gasteiger partial charge is 0.316 e. The van der Waals surface area contributed by atoms with Gasteiger partial charge in [-0.25, -0.2) is 4.57 Å². The lowest BCUT2D eigenvalue weighted by atomic mass is 9.85. The Balaban J connectivity index is 0.00000210. The molecule has 1 atom stereocenters. The molecule has 0 aliphatic heterocycles. The van der Waals surface area contributed by atoms with Gasteiger partial charge in [-0.3, -0.25) is 9.59 Å². The molecule has 1 aliphatic carbocycles. The highest BCUT2D eigenvalue weighted by molar-refractivity contribution is 6.09. The largest absolute Gasteiger partial charge is 1.00 e. The number of pyridine rings is 1. The third-order valence-corrected chi connectivity index (χ3v) is 5.22. The number of benzene rings is 1. The summed E-state index contributed by atoms with van der Waals surface area (Å²) >= 11 is 0. The van der Waals surface area contributed by atoms with Crippen molar-refractivity contribution in [2.24, 2.45) is 5.92 Å². The molecular weight excluding hydrogens is 408 g/mol. The summed E-state index contributed by atoms with van der Waals surface area (Å²) in [5.74, 6) is -1.23. The van der Waals surface area contributed by atoms with Crippen molar-refractivity contribution in [3.05, 3.63) is 65.6 Å². The molecule has 0 bridgehead atoms. The van der Waals surface area contributed by atoms with Crippen LogP contribution in [0.15, 0.2) is 48.8 Å². The van der Waals surface area contributed by atoms with Crippen LogP contribution in [0.25, 0.3) is 10.9 Å². The highest BCUT2D eigenvalue weighted by atomic mass is 79.9. The fourth-order valence-electron chi connectivity index (χ4n) is 3.84. The van der Waals surface area contributed by atoms with Gasteiger partial charge in [0, 0.05) is 36.0 Å². The summed E-state index contributed by atoms with van der Waals surface area (Å²) in [6.07, 6.45) is 6.16. The Kier molecular flexibility index (Phi) is 5.75. The van der Waals surface area contributed by atoms with Crippen molar-refractivity contribution in [3.8, 4) is 0 Å². The number of H-pyrrole nitrogens is 1. The summed E-state index contributed by atoms with van der Waals surface area (Å²) in [5, 5.41) is 1.24. The van der Waals surface area contributed by atoms with Crippen LogP contribution in [0.5, 0.6) is 0 Å². The maximum atomic E-state index is 12.7. The Hall–Kier alpha value is -2.47. The summed E-state index contributed by atoms with van der Waals surface area (Å²) in [7, 11) is 1.33. The van der Waals surface area contributed by atoms with Gasteiger partial charge in [0.25, 0.3) is 0 Å². The van der Waals surface area contributed by atoms with Crippen molar-refractivity contribution in [3.63, 3.8) is 0 Å². The van der Waals surface area contributed by atoms with Gasteiger partial charge in [0.2, 0.25) is 0 Å². The van der Waals surface area contributed by atoms with Crippen LogP contribution in [0.4, 0.5) is 0 Å². The molecule has 1 unspecified atom stereocenters. The summed E-state index contributed by atoms with van der Waals surface area (Å²) < 4.78 is 6.91. The fourth-order valence-corrected chi connectivity index (χ4v) is 3.84. The minimum absolute atomic E-state index is 0. The van der Waals surface area contributed by atoms with Crippen molar-refractivity contribution >= 4 is 22.7 Å². The number of ether oxygens (including phenoxy) is 1. The first-order valence-corrected chi connectivity index (χ1v) is 8.87. The van der Waals surface area contributed by atoms with E-state index in [4.69, 9.17) is 4.74 Å². The van der Waals surface area contributed by atoms with Crippen LogP contribution >= 0.6 is 0 Å². The number of aromatic nitrogens is 2. The average Bonchev–Trinajstić information content (AvgIpc) is 3.09. The van der Waals surface area contributed by atoms with Crippen molar-refractivity contribution in [1.29, 1.82) is 0 Å². The third-order valence-electron chi connectivity index (χ3n) is 5.22. The number of carbonyl (C=O) groups excluding carboxylic acids is 2. The quantitative estimate of drug-likeness (QED) is 0.350. The van der Waals surface area contributed by atoms with Crippen LogP contribution in [-0.2, 0) is 28.9 Å². The normalized spacial score (nSPS) is 15.9. The lowest BCUT2D eigenvalue weighted by Gasteiger charge is -2.19. The van der Waals surface area contributed by atoms with Gasteiger partial charge in [-0.1, -0.05) is 18.2 Å². The zero-order valence-electron chi connectivity index (χ0n) is 15.1. The van der Waals surface area contributed by atoms with E-state index in [2.05, 4.69) is 27.9 Å². The van der Waals surface area contributed by atoms with Crippen LogP contribution in [0.2, 0.25) is 0 Å². The number of halogens is 1. The molecule has 27 heavy (non-hydrogen) atoms. The molecule has 2 heterocycles. The molecule has 0 fully saturated rings. The van der Waals surface area contributed by atoms with E-state index in [1.807, 2.05) is 30.5 Å². The summed E-state index contributed by atoms with van der Waals surface area (Å²) in [6, 6.07) is 12.0. The molecule has 1 N–H and O–H groups in total. The van der Waals surface area contributed by atoms with E-state index < -0.39 is 11.9 Å². The molecule has 3 aromatic rings. The number of hydrogen-bond donors (Lipinski definition) is 1. The molecule has 6 heteroatoms. The number of nitrogens with one attached hydrogen (secondary N) is 1. The molecule has 1 aromatic carbocycles. The van der Waals surface area contributed by atoms with Crippen LogP contribution < -0.4 is 21.5 Å². The van der Waals surface area contributed by atoms with E-state index in [0.29, 0.717) is 18.4 Å². The first-order chi connectivity index (χ1) is 12.7. The average molecular weight is 429 g/mol. The SMILES string of the molecule is COC(=O)C1CCc2c(ccc[n+]2CCc2c[nH]c3ccccc23)C1=O.[Br-]. The number of Topliss-reactive ketones (excluding diaryl/α,β-unsaturated/α-hetero) is 1. The van der Waals surface area contributed by atoms with E-state index in [1.54, 1.807) is 0 Å². The predicted molar refractivity (Wildman–Crippen MR) is 96.8 cm³/mol. The van der Waals surface area contributed by atoms with Gasteiger partial charge in [0.05, 0.1) is 12.7 Å². The molecular formula is C21H21BrN2O3. The van der Waals surface area contributed by atoms with Gasteiger partial charge < -0.3 is 26.7 Å². The summed E-state index contributed by atoms with van der Waals surface area (Å²) in [6.45, 7) is 0.793. The lowest BCUT2D eigenvalue weighted by molar-refractivity contribution is -0.704. The van der Waals surface area contributed by atoms with Gasteiger partial charge in [-0.2, -0.15) is 0 Å². The van der Waals surface area contributed by atoms with Crippen molar-refractivity contribution in [1.82, 2.24) is 4.98 Å². The number of rotatable bonds is 4. The van der Waals surface area contributed by atoms with Crippen LogP contribution in [0.3, 0.4) is 0 Å². The maximum Gasteiger partial charge on any atom is 0.316 e. The summed E-state index contributed by atoms with van der Waals surface area (Å²) in [4.78, 5) is 27.8. The molecule has 0 spiro atoms. The van der Waals surface area contributed by atoms with Crippen molar-refractivity contribution < 1.29 is 35.9 Å². The van der Waals surface area contributed by atoms with Gasteiger partial charge >= 0.3 is 5.97 Å². The van der Waals surface area contributed by atoms with Crippen molar-refractivity contribution in [2.45, 2.75) is 25.8 Å². The first-order valence-electron chi connectivity index (χ1n) is 8.87. The van der Waals surface area contributed by atoms with E-state index in [-0.39, 0.29) is 22.8 Å². The number of carbonyl (C=O) groups is 2. The second-order valence-corrected chi connectivity index (χ2v) is 6.65. The van der Waals surface area contributed by atoms with Crippen LogP contribution in [0.1, 0.15) is 28.0 Å². The number of hydrogen-bond acceptors (Lipinski definition) is 3. The zero-order valence-corrected chi connectivity index (χ0v) is 16.7. The number of nitrogens with zero attached hydrogens (tertiary/aromatic N) is 1. The second kappa shape index (κ2) is 8.05. The topological polar surface area (TPSA) is 63.0 Å². The zero-order chi connectivity index (χ0) is 18.1. The van der Waals surface area contributed by atoms with E-state index in [0.717, 1.165) is 24.2 Å². The Bertz CT molecular complexity index is 996. The molecule has 5 nitrogen and oxygen atoms in total. The lowest BCUT2D eigenvalue weighted by Crippen LogP contribution is -3.00. The maximum absolute atomic E-state index is 12.7. The highest BCUT2D eigenvalue weighted by Crippen LogP contribution is 2.24. The molecule has 0 radical (unpaired) electrons. The Morgan fingerprint density at radius 2 is 2.07 bits per heavy atom. The molecule has 0 amide bonds. The van der Waals surface area contributed by atoms with Gasteiger partial charge in [-0.05, 0) is 24.1 Å². The van der Waals surface area contributed by atoms with Crippen LogP contribution in [-0.4, -0.2) is 23.8 Å². The molecule has 0 saturated heterocycles. The number of ketones is 1. The molecule has 140 valence electrons. The monoisotopic (exact) mass is 428 g/mol. The summed E-state index contributed by atoms with van der Waals surface area (Å²) in [5.41, 5.74) is 4.06. The van der Waals surface area contributed by atoms with Crippen molar-refractivity contribution in [2.75, 3.05) is 7.11 Å². The number of methoxy groups -OCH3 is 1.